The van der Waals surface area contributed by atoms with E-state index >= 15 is 0 Å². The van der Waals surface area contributed by atoms with Crippen molar-refractivity contribution in [3.63, 3.8) is 0 Å². The van der Waals surface area contributed by atoms with Crippen LogP contribution in [-0.4, -0.2) is 25.3 Å². The van der Waals surface area contributed by atoms with Crippen molar-refractivity contribution in [3.05, 3.63) is 0 Å². The second kappa shape index (κ2) is 3.71. The molecule has 1 heterocycles. The maximum Gasteiger partial charge on any atom is 0.0684 e. The van der Waals surface area contributed by atoms with Crippen molar-refractivity contribution in [2.24, 2.45) is 23.2 Å². The smallest absolute Gasteiger partial charge is 0.0684 e. The lowest BCUT2D eigenvalue weighted by Gasteiger charge is -2.60. The van der Waals surface area contributed by atoms with E-state index in [1.807, 2.05) is 0 Å². The van der Waals surface area contributed by atoms with Gasteiger partial charge in [-0.2, -0.15) is 0 Å². The quantitative estimate of drug-likeness (QED) is 0.793. The lowest BCUT2D eigenvalue weighted by atomic mass is 9.55. The van der Waals surface area contributed by atoms with Gasteiger partial charge in [-0.15, -0.1) is 0 Å². The van der Waals surface area contributed by atoms with Crippen LogP contribution >= 0.6 is 0 Å². The molecular weight excluding hydrogens is 198 g/mol. The van der Waals surface area contributed by atoms with Crippen molar-refractivity contribution < 1.29 is 4.74 Å². The topological polar surface area (TPSA) is 21.3 Å². The first-order valence-corrected chi connectivity index (χ1v) is 6.95. The summed E-state index contributed by atoms with van der Waals surface area (Å²) in [7, 11) is 0. The van der Waals surface area contributed by atoms with Gasteiger partial charge in [0.15, 0.2) is 0 Å². The fraction of sp³-hybridized carbons (Fsp3) is 1.00. The van der Waals surface area contributed by atoms with Gasteiger partial charge in [-0.25, -0.2) is 0 Å². The zero-order valence-electron chi connectivity index (χ0n) is 10.8. The Morgan fingerprint density at radius 3 is 2.81 bits per heavy atom. The van der Waals surface area contributed by atoms with E-state index < -0.39 is 0 Å². The Morgan fingerprint density at radius 2 is 2.12 bits per heavy atom. The fourth-order valence-electron chi connectivity index (χ4n) is 3.90. The van der Waals surface area contributed by atoms with Gasteiger partial charge in [0.2, 0.25) is 0 Å². The molecular formula is C14H25NO. The zero-order chi connectivity index (χ0) is 11.3. The van der Waals surface area contributed by atoms with Gasteiger partial charge in [-0.05, 0) is 37.6 Å². The molecule has 0 aromatic heterocycles. The van der Waals surface area contributed by atoms with Gasteiger partial charge < -0.3 is 10.1 Å². The van der Waals surface area contributed by atoms with Crippen molar-refractivity contribution in [2.45, 2.75) is 52.2 Å². The van der Waals surface area contributed by atoms with Crippen LogP contribution in [0, 0.1) is 23.2 Å². The summed E-state index contributed by atoms with van der Waals surface area (Å²) in [5, 5.41) is 3.82. The average molecular weight is 223 g/mol. The zero-order valence-corrected chi connectivity index (χ0v) is 10.8. The van der Waals surface area contributed by atoms with Crippen LogP contribution in [0.15, 0.2) is 0 Å². The third-order valence-electron chi connectivity index (χ3n) is 5.21. The molecule has 0 amide bonds. The van der Waals surface area contributed by atoms with Gasteiger partial charge >= 0.3 is 0 Å². The van der Waals surface area contributed by atoms with Gasteiger partial charge in [0.25, 0.3) is 0 Å². The van der Waals surface area contributed by atoms with Crippen LogP contribution in [-0.2, 0) is 4.74 Å². The first kappa shape index (κ1) is 11.0. The van der Waals surface area contributed by atoms with Crippen LogP contribution in [0.2, 0.25) is 0 Å². The highest BCUT2D eigenvalue weighted by Gasteiger charge is 2.57. The van der Waals surface area contributed by atoms with E-state index in [2.05, 4.69) is 26.1 Å². The van der Waals surface area contributed by atoms with E-state index in [1.165, 1.54) is 25.8 Å². The second-order valence-electron chi connectivity index (χ2n) is 6.78. The summed E-state index contributed by atoms with van der Waals surface area (Å²) in [6, 6.07) is 0.700. The highest BCUT2D eigenvalue weighted by atomic mass is 16.5. The van der Waals surface area contributed by atoms with Crippen LogP contribution in [0.1, 0.15) is 40.0 Å². The van der Waals surface area contributed by atoms with Gasteiger partial charge in [0.05, 0.1) is 6.10 Å². The lowest BCUT2D eigenvalue weighted by molar-refractivity contribution is -0.192. The number of hydrogen-bond acceptors (Lipinski definition) is 2. The molecule has 1 N–H and O–H groups in total. The molecule has 16 heavy (non-hydrogen) atoms. The lowest BCUT2D eigenvalue weighted by Crippen LogP contribution is -2.69. The van der Waals surface area contributed by atoms with E-state index in [9.17, 15) is 0 Å². The molecule has 3 aliphatic rings. The Balaban J connectivity index is 1.57. The fourth-order valence-corrected chi connectivity index (χ4v) is 3.90. The molecule has 0 spiro atoms. The standard InChI is InChI=1S/C14H25NO/c1-9-7-10(9)8-15-12-11-5-4-6-16-13(11)14(12,2)3/h9-13,15H,4-8H2,1-3H3. The van der Waals surface area contributed by atoms with E-state index in [4.69, 9.17) is 4.74 Å². The molecule has 3 rings (SSSR count). The van der Waals surface area contributed by atoms with Crippen molar-refractivity contribution in [2.75, 3.05) is 13.2 Å². The summed E-state index contributed by atoms with van der Waals surface area (Å²) >= 11 is 0. The molecule has 0 aromatic carbocycles. The summed E-state index contributed by atoms with van der Waals surface area (Å²) in [6.07, 6.45) is 4.58. The number of fused-ring (bicyclic) bond motifs is 1. The average Bonchev–Trinajstić information content (AvgIpc) is 2.95. The Labute approximate surface area is 99.1 Å². The molecule has 0 bridgehead atoms. The second-order valence-corrected chi connectivity index (χ2v) is 6.78. The van der Waals surface area contributed by atoms with Gasteiger partial charge in [0, 0.05) is 24.0 Å². The maximum absolute atomic E-state index is 5.93. The van der Waals surface area contributed by atoms with Crippen molar-refractivity contribution in [3.8, 4) is 0 Å². The van der Waals surface area contributed by atoms with Crippen LogP contribution in [0.3, 0.4) is 0 Å². The van der Waals surface area contributed by atoms with E-state index in [0.717, 1.165) is 24.4 Å². The van der Waals surface area contributed by atoms with Crippen LogP contribution in [0.4, 0.5) is 0 Å². The van der Waals surface area contributed by atoms with Crippen LogP contribution in [0.5, 0.6) is 0 Å². The molecule has 1 saturated heterocycles. The molecule has 0 aromatic rings. The molecule has 2 heteroatoms. The highest BCUT2D eigenvalue weighted by Crippen LogP contribution is 2.51. The largest absolute Gasteiger partial charge is 0.377 e. The van der Waals surface area contributed by atoms with Crippen LogP contribution in [0.25, 0.3) is 0 Å². The van der Waals surface area contributed by atoms with Crippen molar-refractivity contribution in [1.82, 2.24) is 5.32 Å². The summed E-state index contributed by atoms with van der Waals surface area (Å²) in [5.41, 5.74) is 0.350. The minimum Gasteiger partial charge on any atom is -0.377 e. The minimum atomic E-state index is 0.350. The molecule has 1 aliphatic heterocycles. The summed E-state index contributed by atoms with van der Waals surface area (Å²) in [4.78, 5) is 0. The molecule has 5 unspecified atom stereocenters. The third-order valence-corrected chi connectivity index (χ3v) is 5.21. The summed E-state index contributed by atoms with van der Waals surface area (Å²) in [5.74, 6) is 2.71. The Morgan fingerprint density at radius 1 is 1.38 bits per heavy atom. The number of nitrogens with one attached hydrogen (secondary N) is 1. The van der Waals surface area contributed by atoms with E-state index in [0.29, 0.717) is 17.6 Å². The molecule has 0 radical (unpaired) electrons. The molecule has 5 atom stereocenters. The first-order valence-electron chi connectivity index (χ1n) is 6.95. The number of ether oxygens (including phenoxy) is 1. The normalized spacial score (nSPS) is 49.3. The van der Waals surface area contributed by atoms with Crippen molar-refractivity contribution >= 4 is 0 Å². The predicted octanol–water partition coefficient (Wildman–Crippen LogP) is 2.44. The van der Waals surface area contributed by atoms with Gasteiger partial charge in [-0.3, -0.25) is 0 Å². The molecule has 2 saturated carbocycles. The van der Waals surface area contributed by atoms with Gasteiger partial charge in [0.1, 0.15) is 0 Å². The Bertz CT molecular complexity index is 276. The molecule has 92 valence electrons. The Hall–Kier alpha value is -0.0800. The predicted molar refractivity (Wildman–Crippen MR) is 65.3 cm³/mol. The first-order chi connectivity index (χ1) is 7.60. The minimum absolute atomic E-state index is 0.350. The molecule has 2 aliphatic carbocycles. The SMILES string of the molecule is CC1CC1CNC1C2CCCOC2C1(C)C. The molecule has 2 nitrogen and oxygen atoms in total. The Kier molecular flexibility index (Phi) is 2.56. The number of rotatable bonds is 3. The number of hydrogen-bond donors (Lipinski definition) is 1. The van der Waals surface area contributed by atoms with E-state index in [1.54, 1.807) is 0 Å². The van der Waals surface area contributed by atoms with Crippen molar-refractivity contribution in [1.29, 1.82) is 0 Å². The third kappa shape index (κ3) is 1.62. The highest BCUT2D eigenvalue weighted by molar-refractivity contribution is 5.10. The van der Waals surface area contributed by atoms with E-state index in [-0.39, 0.29) is 0 Å². The van der Waals surface area contributed by atoms with Crippen LogP contribution < -0.4 is 5.32 Å². The molecule has 3 fully saturated rings. The monoisotopic (exact) mass is 223 g/mol. The summed E-state index contributed by atoms with van der Waals surface area (Å²) in [6.45, 7) is 9.32. The maximum atomic E-state index is 5.93. The summed E-state index contributed by atoms with van der Waals surface area (Å²) < 4.78 is 5.93. The van der Waals surface area contributed by atoms with Gasteiger partial charge in [-0.1, -0.05) is 20.8 Å².